The summed E-state index contributed by atoms with van der Waals surface area (Å²) in [6.45, 7) is 10.2. The van der Waals surface area contributed by atoms with Crippen molar-refractivity contribution in [3.63, 3.8) is 0 Å². The Hall–Kier alpha value is -2.35. The van der Waals surface area contributed by atoms with Crippen LogP contribution in [0, 0.1) is 0 Å². The molecule has 0 spiro atoms. The highest BCUT2D eigenvalue weighted by Crippen LogP contribution is 2.30. The van der Waals surface area contributed by atoms with Crippen LogP contribution >= 0.6 is 0 Å². The Morgan fingerprint density at radius 3 is 2.53 bits per heavy atom. The Morgan fingerprint density at radius 1 is 1.21 bits per heavy atom. The van der Waals surface area contributed by atoms with E-state index in [2.05, 4.69) is 30.3 Å². The minimum atomic E-state index is 0.900. The fourth-order valence-corrected chi connectivity index (χ4v) is 2.05. The Labute approximate surface area is 114 Å². The Bertz CT molecular complexity index is 631. The molecule has 1 heterocycles. The van der Waals surface area contributed by atoms with E-state index in [-0.39, 0.29) is 0 Å². The van der Waals surface area contributed by atoms with E-state index in [1.54, 1.807) is 0 Å². The molecule has 0 saturated carbocycles. The molecule has 2 aromatic rings. The SMILES string of the molecule is C=C(/C=C\C)C(=C)c1c(-c2ccccc2)ncn1C. The maximum atomic E-state index is 4.49. The normalized spacial score (nSPS) is 10.8. The van der Waals surface area contributed by atoms with Gasteiger partial charge in [-0.05, 0) is 18.1 Å². The predicted molar refractivity (Wildman–Crippen MR) is 81.6 cm³/mol. The van der Waals surface area contributed by atoms with Crippen molar-refractivity contribution in [1.82, 2.24) is 9.55 Å². The van der Waals surface area contributed by atoms with Crippen molar-refractivity contribution in [2.75, 3.05) is 0 Å². The van der Waals surface area contributed by atoms with E-state index in [0.717, 1.165) is 28.1 Å². The van der Waals surface area contributed by atoms with Crippen LogP contribution < -0.4 is 0 Å². The monoisotopic (exact) mass is 250 g/mol. The van der Waals surface area contributed by atoms with Gasteiger partial charge in [0.25, 0.3) is 0 Å². The number of nitrogens with zero attached hydrogens (tertiary/aromatic N) is 2. The second-order valence-electron chi connectivity index (χ2n) is 4.42. The lowest BCUT2D eigenvalue weighted by Gasteiger charge is -2.10. The number of imidazole rings is 1. The van der Waals surface area contributed by atoms with Crippen LogP contribution in [0.2, 0.25) is 0 Å². The summed E-state index contributed by atoms with van der Waals surface area (Å²) in [6.07, 6.45) is 5.74. The van der Waals surface area contributed by atoms with Gasteiger partial charge in [-0.15, -0.1) is 0 Å². The van der Waals surface area contributed by atoms with Crippen molar-refractivity contribution in [3.05, 3.63) is 73.2 Å². The molecule has 96 valence electrons. The van der Waals surface area contributed by atoms with Crippen LogP contribution in [0.5, 0.6) is 0 Å². The van der Waals surface area contributed by atoms with Crippen molar-refractivity contribution in [3.8, 4) is 11.3 Å². The topological polar surface area (TPSA) is 17.8 Å². The first-order valence-corrected chi connectivity index (χ1v) is 6.23. The maximum absolute atomic E-state index is 4.49. The van der Waals surface area contributed by atoms with Gasteiger partial charge >= 0.3 is 0 Å². The fraction of sp³-hybridized carbons (Fsp3) is 0.118. The van der Waals surface area contributed by atoms with Crippen LogP contribution in [0.1, 0.15) is 12.6 Å². The van der Waals surface area contributed by atoms with Crippen LogP contribution in [0.15, 0.2) is 67.5 Å². The van der Waals surface area contributed by atoms with E-state index in [9.17, 15) is 0 Å². The molecule has 0 saturated heterocycles. The smallest absolute Gasteiger partial charge is 0.0963 e. The molecule has 2 nitrogen and oxygen atoms in total. The standard InChI is InChI=1S/C17H18N2/c1-5-9-13(2)14(3)17-16(18-12-19(17)4)15-10-7-6-8-11-15/h5-12H,2-3H2,1,4H3/b9-5-. The summed E-state index contributed by atoms with van der Waals surface area (Å²) in [5.41, 5.74) is 4.85. The van der Waals surface area contributed by atoms with Crippen LogP contribution in [-0.2, 0) is 7.05 Å². The molecule has 0 atom stereocenters. The molecule has 19 heavy (non-hydrogen) atoms. The van der Waals surface area contributed by atoms with Crippen LogP contribution in [0.4, 0.5) is 0 Å². The van der Waals surface area contributed by atoms with Crippen molar-refractivity contribution >= 4 is 5.57 Å². The molecular formula is C17H18N2. The van der Waals surface area contributed by atoms with Crippen molar-refractivity contribution in [2.45, 2.75) is 6.92 Å². The lowest BCUT2D eigenvalue weighted by Crippen LogP contribution is -1.97. The molecule has 0 N–H and O–H groups in total. The van der Waals surface area contributed by atoms with Gasteiger partial charge in [0.05, 0.1) is 17.7 Å². The van der Waals surface area contributed by atoms with Gasteiger partial charge in [0.2, 0.25) is 0 Å². The number of aromatic nitrogens is 2. The third-order valence-corrected chi connectivity index (χ3v) is 3.03. The van der Waals surface area contributed by atoms with Crippen LogP contribution in [0.3, 0.4) is 0 Å². The summed E-state index contributed by atoms with van der Waals surface area (Å²) in [5, 5.41) is 0. The zero-order valence-corrected chi connectivity index (χ0v) is 11.4. The molecule has 0 amide bonds. The number of aryl methyl sites for hydroxylation is 1. The predicted octanol–water partition coefficient (Wildman–Crippen LogP) is 4.23. The number of hydrogen-bond donors (Lipinski definition) is 0. The number of benzene rings is 1. The van der Waals surface area contributed by atoms with Crippen LogP contribution in [-0.4, -0.2) is 9.55 Å². The summed E-state index contributed by atoms with van der Waals surface area (Å²) >= 11 is 0. The molecule has 2 heteroatoms. The molecule has 2 rings (SSSR count). The van der Waals surface area contributed by atoms with E-state index in [1.807, 2.05) is 55.2 Å². The van der Waals surface area contributed by atoms with E-state index >= 15 is 0 Å². The molecule has 0 radical (unpaired) electrons. The summed E-state index contributed by atoms with van der Waals surface area (Å²) in [6, 6.07) is 10.1. The van der Waals surface area contributed by atoms with Crippen molar-refractivity contribution in [2.24, 2.45) is 7.05 Å². The highest BCUT2D eigenvalue weighted by molar-refractivity contribution is 5.85. The number of rotatable bonds is 4. The number of allylic oxidation sites excluding steroid dienone is 4. The summed E-state index contributed by atoms with van der Waals surface area (Å²) in [4.78, 5) is 4.49. The van der Waals surface area contributed by atoms with E-state index in [0.29, 0.717) is 0 Å². The van der Waals surface area contributed by atoms with E-state index in [1.165, 1.54) is 0 Å². The van der Waals surface area contributed by atoms with Crippen molar-refractivity contribution in [1.29, 1.82) is 0 Å². The van der Waals surface area contributed by atoms with Crippen molar-refractivity contribution < 1.29 is 0 Å². The van der Waals surface area contributed by atoms with Gasteiger partial charge in [-0.25, -0.2) is 4.98 Å². The molecule has 0 bridgehead atoms. The largest absolute Gasteiger partial charge is 0.333 e. The van der Waals surface area contributed by atoms with Gasteiger partial charge in [0, 0.05) is 12.6 Å². The quantitative estimate of drug-likeness (QED) is 0.742. The second-order valence-corrected chi connectivity index (χ2v) is 4.42. The Balaban J connectivity index is 2.50. The van der Waals surface area contributed by atoms with Gasteiger partial charge < -0.3 is 4.57 Å². The zero-order chi connectivity index (χ0) is 13.8. The average molecular weight is 250 g/mol. The van der Waals surface area contributed by atoms with Gasteiger partial charge in [0.15, 0.2) is 0 Å². The molecular weight excluding hydrogens is 232 g/mol. The highest BCUT2D eigenvalue weighted by atomic mass is 15.0. The zero-order valence-electron chi connectivity index (χ0n) is 11.4. The third-order valence-electron chi connectivity index (χ3n) is 3.03. The molecule has 1 aromatic heterocycles. The van der Waals surface area contributed by atoms with Gasteiger partial charge in [0.1, 0.15) is 0 Å². The average Bonchev–Trinajstić information content (AvgIpc) is 2.81. The lowest BCUT2D eigenvalue weighted by atomic mass is 10.0. The lowest BCUT2D eigenvalue weighted by molar-refractivity contribution is 0.898. The third kappa shape index (κ3) is 2.58. The Kier molecular flexibility index (Phi) is 3.81. The minimum Gasteiger partial charge on any atom is -0.333 e. The van der Waals surface area contributed by atoms with E-state index < -0.39 is 0 Å². The highest BCUT2D eigenvalue weighted by Gasteiger charge is 2.14. The first-order chi connectivity index (χ1) is 9.15. The summed E-state index contributed by atoms with van der Waals surface area (Å²) in [5.74, 6) is 0. The summed E-state index contributed by atoms with van der Waals surface area (Å²) < 4.78 is 1.99. The second kappa shape index (κ2) is 5.53. The fourth-order valence-electron chi connectivity index (χ4n) is 2.05. The molecule has 0 fully saturated rings. The van der Waals surface area contributed by atoms with Crippen LogP contribution in [0.25, 0.3) is 16.8 Å². The Morgan fingerprint density at radius 2 is 1.89 bits per heavy atom. The molecule has 0 unspecified atom stereocenters. The molecule has 0 aliphatic rings. The van der Waals surface area contributed by atoms with E-state index in [4.69, 9.17) is 0 Å². The maximum Gasteiger partial charge on any atom is 0.0963 e. The molecule has 1 aromatic carbocycles. The molecule has 0 aliphatic heterocycles. The summed E-state index contributed by atoms with van der Waals surface area (Å²) in [7, 11) is 1.98. The first kappa shape index (κ1) is 13.1. The van der Waals surface area contributed by atoms with Gasteiger partial charge in [-0.1, -0.05) is 55.6 Å². The van der Waals surface area contributed by atoms with Gasteiger partial charge in [-0.2, -0.15) is 0 Å². The molecule has 0 aliphatic carbocycles. The van der Waals surface area contributed by atoms with Gasteiger partial charge in [-0.3, -0.25) is 0 Å². The number of hydrogen-bond acceptors (Lipinski definition) is 1. The first-order valence-electron chi connectivity index (χ1n) is 6.23. The minimum absolute atomic E-state index is 0.900.